The molecule has 1 aromatic carbocycles. The molecule has 0 saturated heterocycles. The third kappa shape index (κ3) is 3.02. The molecule has 0 aromatic heterocycles. The van der Waals surface area contributed by atoms with Crippen LogP contribution in [0, 0.1) is 56.7 Å². The first-order chi connectivity index (χ1) is 14.4. The molecular weight excluding hydrogens is 378 g/mol. The summed E-state index contributed by atoms with van der Waals surface area (Å²) in [4.78, 5) is 1.31. The van der Waals surface area contributed by atoms with Gasteiger partial charge in [0, 0.05) is 17.4 Å². The van der Waals surface area contributed by atoms with E-state index in [1.54, 1.807) is 12.1 Å². The molecule has 4 atom stereocenters. The lowest BCUT2D eigenvalue weighted by Gasteiger charge is -2.47. The van der Waals surface area contributed by atoms with E-state index in [1.165, 1.54) is 19.1 Å². The van der Waals surface area contributed by atoms with Gasteiger partial charge in [0.25, 0.3) is 0 Å². The van der Waals surface area contributed by atoms with E-state index in [0.29, 0.717) is 29.6 Å². The maximum atomic E-state index is 10.2. The van der Waals surface area contributed by atoms with Gasteiger partial charge in [0.2, 0.25) is 0 Å². The van der Waals surface area contributed by atoms with Crippen LogP contribution < -0.4 is 14.4 Å². The van der Waals surface area contributed by atoms with Crippen LogP contribution in [0.15, 0.2) is 29.8 Å². The van der Waals surface area contributed by atoms with Gasteiger partial charge in [0.05, 0.1) is 57.3 Å². The number of para-hydroxylation sites is 1. The Bertz CT molecular complexity index is 994. The van der Waals surface area contributed by atoms with Crippen molar-refractivity contribution in [1.29, 1.82) is 21.2 Å². The summed E-state index contributed by atoms with van der Waals surface area (Å²) in [6.45, 7) is 5.68. The number of hydrogen-bond donors (Lipinski definition) is 2. The summed E-state index contributed by atoms with van der Waals surface area (Å²) in [6.07, 6.45) is 2.03. The number of quaternary nitrogens is 1. The zero-order chi connectivity index (χ0) is 22.1. The van der Waals surface area contributed by atoms with Crippen LogP contribution in [0.5, 0.6) is 11.5 Å². The Balaban J connectivity index is 2.32. The van der Waals surface area contributed by atoms with E-state index < -0.39 is 17.3 Å². The molecule has 1 aromatic rings. The maximum absolute atomic E-state index is 10.2. The number of nitrogens with one attached hydrogen (secondary N) is 2. The van der Waals surface area contributed by atoms with E-state index >= 15 is 0 Å². The second kappa shape index (κ2) is 8.19. The van der Waals surface area contributed by atoms with Crippen molar-refractivity contribution in [3.8, 4) is 29.7 Å². The van der Waals surface area contributed by atoms with E-state index in [4.69, 9.17) is 14.9 Å². The van der Waals surface area contributed by atoms with Gasteiger partial charge >= 0.3 is 0 Å². The van der Waals surface area contributed by atoms with Crippen LogP contribution in [0.3, 0.4) is 0 Å². The van der Waals surface area contributed by atoms with Crippen molar-refractivity contribution in [2.45, 2.75) is 25.8 Å². The lowest BCUT2D eigenvalue weighted by atomic mass is 9.54. The number of rotatable bonds is 4. The van der Waals surface area contributed by atoms with Crippen LogP contribution in [-0.2, 0) is 0 Å². The van der Waals surface area contributed by atoms with E-state index in [2.05, 4.69) is 32.1 Å². The minimum atomic E-state index is -1.76. The van der Waals surface area contributed by atoms with Crippen molar-refractivity contribution in [2.24, 2.45) is 17.3 Å². The summed E-state index contributed by atoms with van der Waals surface area (Å²) >= 11 is 0. The number of ether oxygens (including phenoxy) is 2. The summed E-state index contributed by atoms with van der Waals surface area (Å²) in [7, 11) is 3.06. The van der Waals surface area contributed by atoms with Crippen LogP contribution in [0.25, 0.3) is 0 Å². The first-order valence-corrected chi connectivity index (χ1v) is 9.96. The van der Waals surface area contributed by atoms with Gasteiger partial charge < -0.3 is 19.8 Å². The van der Waals surface area contributed by atoms with E-state index in [1.807, 2.05) is 12.1 Å². The zero-order valence-corrected chi connectivity index (χ0v) is 17.7. The number of methoxy groups -OCH3 is 2. The van der Waals surface area contributed by atoms with Gasteiger partial charge in [0.1, 0.15) is 5.92 Å². The highest BCUT2D eigenvalue weighted by Crippen LogP contribution is 2.55. The molecule has 2 aliphatic rings. The molecule has 0 radical (unpaired) electrons. The average molecular weight is 404 g/mol. The summed E-state index contributed by atoms with van der Waals surface area (Å²) in [5.74, 6) is -0.789. The second-order valence-electron chi connectivity index (χ2n) is 8.10. The monoisotopic (exact) mass is 404 g/mol. The van der Waals surface area contributed by atoms with Crippen molar-refractivity contribution in [2.75, 3.05) is 27.3 Å². The Hall–Kier alpha value is -3.34. The molecule has 7 nitrogen and oxygen atoms in total. The normalized spacial score (nSPS) is 27.1. The molecule has 3 rings (SSSR count). The van der Waals surface area contributed by atoms with Crippen molar-refractivity contribution < 1.29 is 14.4 Å². The highest BCUT2D eigenvalue weighted by Gasteiger charge is 2.59. The number of hydrogen-bond acceptors (Lipinski definition) is 6. The fourth-order valence-corrected chi connectivity index (χ4v) is 4.89. The first-order valence-electron chi connectivity index (χ1n) is 9.96. The SMILES string of the molecule is COc1cccc([C@@H]2[C@@H]3C[NH+](C(C)C)CC=C3C(C#N)C(=N)C2(C#N)C#N)c1OC. The Morgan fingerprint density at radius 2 is 1.87 bits per heavy atom. The van der Waals surface area contributed by atoms with Crippen LogP contribution in [0.4, 0.5) is 0 Å². The number of fused-ring (bicyclic) bond motifs is 1. The highest BCUT2D eigenvalue weighted by molar-refractivity contribution is 6.01. The van der Waals surface area contributed by atoms with E-state index in [9.17, 15) is 15.8 Å². The zero-order valence-electron chi connectivity index (χ0n) is 17.7. The summed E-state index contributed by atoms with van der Waals surface area (Å²) < 4.78 is 11.1. The lowest BCUT2D eigenvalue weighted by Crippen LogP contribution is -3.16. The summed E-state index contributed by atoms with van der Waals surface area (Å²) in [5.41, 5.74) is -0.424. The third-order valence-corrected chi connectivity index (χ3v) is 6.49. The van der Waals surface area contributed by atoms with E-state index in [-0.39, 0.29) is 11.6 Å². The minimum Gasteiger partial charge on any atom is -0.493 e. The minimum absolute atomic E-state index is 0.152. The smallest absolute Gasteiger partial charge is 0.190 e. The van der Waals surface area contributed by atoms with Gasteiger partial charge in [-0.1, -0.05) is 12.1 Å². The molecule has 2 unspecified atom stereocenters. The van der Waals surface area contributed by atoms with Gasteiger partial charge in [0.15, 0.2) is 16.9 Å². The molecule has 7 heteroatoms. The van der Waals surface area contributed by atoms with Crippen molar-refractivity contribution in [3.05, 3.63) is 35.4 Å². The second-order valence-corrected chi connectivity index (χ2v) is 8.10. The fourth-order valence-electron chi connectivity index (χ4n) is 4.89. The Morgan fingerprint density at radius 1 is 1.17 bits per heavy atom. The molecule has 1 aliphatic carbocycles. The van der Waals surface area contributed by atoms with Gasteiger partial charge in [-0.15, -0.1) is 0 Å². The van der Waals surface area contributed by atoms with Crippen molar-refractivity contribution in [3.63, 3.8) is 0 Å². The fraction of sp³-hybridized carbons (Fsp3) is 0.478. The molecule has 154 valence electrons. The van der Waals surface area contributed by atoms with Gasteiger partial charge in [-0.25, -0.2) is 0 Å². The van der Waals surface area contributed by atoms with Gasteiger partial charge in [-0.05, 0) is 31.6 Å². The molecule has 1 heterocycles. The number of benzene rings is 1. The first kappa shape index (κ1) is 21.4. The molecule has 0 spiro atoms. The van der Waals surface area contributed by atoms with Crippen LogP contribution >= 0.6 is 0 Å². The molecule has 1 saturated carbocycles. The van der Waals surface area contributed by atoms with Crippen LogP contribution in [-0.4, -0.2) is 39.1 Å². The number of nitrogens with zero attached hydrogens (tertiary/aromatic N) is 3. The lowest BCUT2D eigenvalue weighted by molar-refractivity contribution is -0.920. The largest absolute Gasteiger partial charge is 0.493 e. The standard InChI is InChI=1S/C23H25N5O2/c1-14(2)28-9-8-15-17(10-24)22(27)23(12-25,13-26)20(18(15)11-28)16-6-5-7-19(29-3)21(16)30-4/h5-8,14,17-18,20,27H,9,11H2,1-4H3/p+1/t17?,18-,20-/m1/s1. The molecule has 1 fully saturated rings. The number of nitriles is 3. The average Bonchev–Trinajstić information content (AvgIpc) is 2.77. The van der Waals surface area contributed by atoms with Gasteiger partial charge in [-0.3, -0.25) is 0 Å². The Morgan fingerprint density at radius 3 is 2.40 bits per heavy atom. The Kier molecular flexibility index (Phi) is 5.83. The van der Waals surface area contributed by atoms with Crippen molar-refractivity contribution in [1.82, 2.24) is 0 Å². The highest BCUT2D eigenvalue weighted by atomic mass is 16.5. The quantitative estimate of drug-likeness (QED) is 0.743. The molecule has 0 bridgehead atoms. The molecule has 0 amide bonds. The molecular formula is C23H26N5O2+. The van der Waals surface area contributed by atoms with Gasteiger partial charge in [-0.2, -0.15) is 15.8 Å². The third-order valence-electron chi connectivity index (χ3n) is 6.49. The molecule has 2 N–H and O–H groups in total. The predicted octanol–water partition coefficient (Wildman–Crippen LogP) is 1.84. The topological polar surface area (TPSA) is 118 Å². The van der Waals surface area contributed by atoms with Crippen molar-refractivity contribution >= 4 is 5.71 Å². The summed E-state index contributed by atoms with van der Waals surface area (Å²) in [5, 5.41) is 38.9. The summed E-state index contributed by atoms with van der Waals surface area (Å²) in [6, 6.07) is 12.2. The predicted molar refractivity (Wildman–Crippen MR) is 110 cm³/mol. The van der Waals surface area contributed by atoms with E-state index in [0.717, 1.165) is 12.1 Å². The maximum Gasteiger partial charge on any atom is 0.190 e. The van der Waals surface area contributed by atoms with Crippen LogP contribution in [0.2, 0.25) is 0 Å². The Labute approximate surface area is 177 Å². The molecule has 1 aliphatic heterocycles. The van der Waals surface area contributed by atoms with Crippen LogP contribution in [0.1, 0.15) is 25.3 Å². The molecule has 30 heavy (non-hydrogen) atoms.